The average molecular weight is 128 g/mol. The summed E-state index contributed by atoms with van der Waals surface area (Å²) < 4.78 is 0. The van der Waals surface area contributed by atoms with Crippen molar-refractivity contribution in [3.05, 3.63) is 31.6 Å². The van der Waals surface area contributed by atoms with Crippen molar-refractivity contribution in [2.24, 2.45) is 5.41 Å². The fourth-order valence-electron chi connectivity index (χ4n) is 0.874. The molecule has 1 fully saturated rings. The first kappa shape index (κ1) is 10.6. The maximum atomic E-state index is 2.22. The molecule has 10 heavy (non-hydrogen) atoms. The van der Waals surface area contributed by atoms with Gasteiger partial charge in [-0.15, -0.1) is 0 Å². The quantitative estimate of drug-likeness (QED) is 0.384. The summed E-state index contributed by atoms with van der Waals surface area (Å²) in [7, 11) is 0. The number of hydrogen-bond donors (Lipinski definition) is 0. The van der Waals surface area contributed by atoms with Crippen LogP contribution in [-0.4, -0.2) is 0 Å². The normalized spacial score (nSPS) is 20.7. The fourth-order valence-corrected chi connectivity index (χ4v) is 0.874. The molecular formula is C9H13Li+. The third-order valence-corrected chi connectivity index (χ3v) is 1.53. The van der Waals surface area contributed by atoms with Gasteiger partial charge in [-0.3, -0.25) is 0 Å². The van der Waals surface area contributed by atoms with Crippen LogP contribution in [0, 0.1) is 37.0 Å². The maximum absolute atomic E-state index is 2.22. The summed E-state index contributed by atoms with van der Waals surface area (Å²) in [6.07, 6.45) is 8.50. The van der Waals surface area contributed by atoms with Crippen LogP contribution >= 0.6 is 0 Å². The molecule has 0 amide bonds. The molecule has 1 aliphatic rings. The first-order valence-electron chi connectivity index (χ1n) is 3.33. The van der Waals surface area contributed by atoms with Gasteiger partial charge < -0.3 is 0 Å². The summed E-state index contributed by atoms with van der Waals surface area (Å²) in [6.45, 7) is 6.67. The van der Waals surface area contributed by atoms with Crippen LogP contribution in [-0.2, 0) is 0 Å². The molecule has 0 aliphatic heterocycles. The van der Waals surface area contributed by atoms with E-state index in [1.54, 1.807) is 0 Å². The minimum Gasteiger partial charge on any atom is -0.0596 e. The van der Waals surface area contributed by atoms with E-state index in [0.29, 0.717) is 5.41 Å². The first-order valence-corrected chi connectivity index (χ1v) is 3.33. The van der Waals surface area contributed by atoms with Gasteiger partial charge in [-0.1, -0.05) is 20.8 Å². The fraction of sp³-hybridized carbons (Fsp3) is 0.444. The van der Waals surface area contributed by atoms with E-state index < -0.39 is 0 Å². The van der Waals surface area contributed by atoms with Crippen LogP contribution in [0.15, 0.2) is 0 Å². The molecule has 5 radical (unpaired) electrons. The molecule has 0 saturated heterocycles. The number of rotatable bonds is 0. The predicted octanol–water partition coefficient (Wildman–Crippen LogP) is -0.558. The van der Waals surface area contributed by atoms with Gasteiger partial charge in [0.05, 0.1) is 0 Å². The standard InChI is InChI=1S/C9H13.Li/c1-9(2,3)8-6-4-5-7-8;/h4-7H,1-3H3;/q;+1. The van der Waals surface area contributed by atoms with Gasteiger partial charge in [0.2, 0.25) is 0 Å². The van der Waals surface area contributed by atoms with Crippen molar-refractivity contribution in [1.29, 1.82) is 0 Å². The Bertz CT molecular complexity index is 85.4. The van der Waals surface area contributed by atoms with Crippen molar-refractivity contribution >= 4 is 0 Å². The van der Waals surface area contributed by atoms with E-state index in [4.69, 9.17) is 0 Å². The van der Waals surface area contributed by atoms with E-state index in [1.807, 2.05) is 0 Å². The molecule has 0 nitrogen and oxygen atoms in total. The van der Waals surface area contributed by atoms with Crippen molar-refractivity contribution < 1.29 is 18.9 Å². The monoisotopic (exact) mass is 128 g/mol. The molecule has 0 bridgehead atoms. The summed E-state index contributed by atoms with van der Waals surface area (Å²) in [6, 6.07) is 0. The first-order chi connectivity index (χ1) is 4.11. The Kier molecular flexibility index (Phi) is 4.07. The zero-order valence-corrected chi connectivity index (χ0v) is 7.31. The third-order valence-electron chi connectivity index (χ3n) is 1.53. The Morgan fingerprint density at radius 3 is 1.60 bits per heavy atom. The van der Waals surface area contributed by atoms with E-state index in [1.165, 1.54) is 5.92 Å². The Balaban J connectivity index is 0.000000810. The third kappa shape index (κ3) is 2.68. The molecule has 0 aromatic rings. The van der Waals surface area contributed by atoms with E-state index >= 15 is 0 Å². The zero-order chi connectivity index (χ0) is 6.91. The van der Waals surface area contributed by atoms with E-state index in [-0.39, 0.29) is 18.9 Å². The van der Waals surface area contributed by atoms with E-state index in [0.717, 1.165) is 0 Å². The minimum absolute atomic E-state index is 0. The van der Waals surface area contributed by atoms with Gasteiger partial charge in [0.1, 0.15) is 0 Å². The molecule has 49 valence electrons. The predicted molar refractivity (Wildman–Crippen MR) is 39.9 cm³/mol. The van der Waals surface area contributed by atoms with Gasteiger partial charge in [-0.05, 0) is 37.0 Å². The Hall–Kier alpha value is 0.597. The van der Waals surface area contributed by atoms with Crippen LogP contribution < -0.4 is 18.9 Å². The van der Waals surface area contributed by atoms with Gasteiger partial charge >= 0.3 is 18.9 Å². The van der Waals surface area contributed by atoms with Gasteiger partial charge in [-0.25, -0.2) is 0 Å². The molecule has 0 spiro atoms. The molecule has 0 unspecified atom stereocenters. The van der Waals surface area contributed by atoms with E-state index in [9.17, 15) is 0 Å². The summed E-state index contributed by atoms with van der Waals surface area (Å²) in [4.78, 5) is 0. The molecular weight excluding hydrogens is 115 g/mol. The summed E-state index contributed by atoms with van der Waals surface area (Å²) in [5.74, 6) is 1.42. The molecule has 0 N–H and O–H groups in total. The molecule has 1 saturated carbocycles. The Labute approximate surface area is 77.0 Å². The van der Waals surface area contributed by atoms with Crippen LogP contribution in [0.1, 0.15) is 20.8 Å². The van der Waals surface area contributed by atoms with Crippen molar-refractivity contribution in [2.45, 2.75) is 20.8 Å². The second kappa shape index (κ2) is 3.84. The van der Waals surface area contributed by atoms with Crippen LogP contribution in [0.25, 0.3) is 0 Å². The Morgan fingerprint density at radius 2 is 1.40 bits per heavy atom. The molecule has 0 aromatic carbocycles. The van der Waals surface area contributed by atoms with Gasteiger partial charge in [0.25, 0.3) is 0 Å². The molecule has 0 heterocycles. The number of hydrogen-bond acceptors (Lipinski definition) is 0. The van der Waals surface area contributed by atoms with Crippen LogP contribution in [0.5, 0.6) is 0 Å². The van der Waals surface area contributed by atoms with Crippen LogP contribution in [0.3, 0.4) is 0 Å². The second-order valence-electron chi connectivity index (χ2n) is 3.42. The van der Waals surface area contributed by atoms with Crippen LogP contribution in [0.2, 0.25) is 0 Å². The van der Waals surface area contributed by atoms with Gasteiger partial charge in [0, 0.05) is 0 Å². The Morgan fingerprint density at radius 1 is 1.00 bits per heavy atom. The molecule has 1 aliphatic carbocycles. The van der Waals surface area contributed by atoms with Crippen molar-refractivity contribution in [2.75, 3.05) is 0 Å². The summed E-state index contributed by atoms with van der Waals surface area (Å²) >= 11 is 0. The van der Waals surface area contributed by atoms with Crippen molar-refractivity contribution in [3.8, 4) is 0 Å². The van der Waals surface area contributed by atoms with Crippen molar-refractivity contribution in [1.82, 2.24) is 0 Å². The summed E-state index contributed by atoms with van der Waals surface area (Å²) in [5, 5.41) is 0. The molecule has 0 atom stereocenters. The zero-order valence-electron chi connectivity index (χ0n) is 7.31. The smallest absolute Gasteiger partial charge is 0.0596 e. The second-order valence-corrected chi connectivity index (χ2v) is 3.42. The van der Waals surface area contributed by atoms with Crippen LogP contribution in [0.4, 0.5) is 0 Å². The summed E-state index contributed by atoms with van der Waals surface area (Å²) in [5.41, 5.74) is 0.323. The maximum Gasteiger partial charge on any atom is 1.00 e. The minimum atomic E-state index is 0. The average Bonchev–Trinajstić information content (AvgIpc) is 2.08. The van der Waals surface area contributed by atoms with E-state index in [2.05, 4.69) is 46.5 Å². The topological polar surface area (TPSA) is 0 Å². The SMILES string of the molecule is CC(C)(C)[C]1[CH][CH][CH][CH]1.[Li+]. The van der Waals surface area contributed by atoms with Gasteiger partial charge in [0.15, 0.2) is 0 Å². The largest absolute Gasteiger partial charge is 1.00 e. The molecule has 0 aromatic heterocycles. The van der Waals surface area contributed by atoms with Crippen molar-refractivity contribution in [3.63, 3.8) is 0 Å². The molecule has 1 heteroatoms. The van der Waals surface area contributed by atoms with Gasteiger partial charge in [-0.2, -0.15) is 0 Å². The molecule has 1 rings (SSSR count).